The highest BCUT2D eigenvalue weighted by molar-refractivity contribution is 6.12. The molecule has 10 aromatic carbocycles. The predicted octanol–water partition coefficient (Wildman–Crippen LogP) is 17.4. The van der Waals surface area contributed by atoms with Crippen LogP contribution in [-0.4, -0.2) is 4.57 Å². The summed E-state index contributed by atoms with van der Waals surface area (Å²) in [7, 11) is 0. The van der Waals surface area contributed by atoms with Crippen molar-refractivity contribution in [3.63, 3.8) is 0 Å². The summed E-state index contributed by atoms with van der Waals surface area (Å²) in [6.07, 6.45) is 3.93. The van der Waals surface area contributed by atoms with Gasteiger partial charge in [-0.25, -0.2) is 0 Å². The quantitative estimate of drug-likeness (QED) is 0.135. The molecule has 3 nitrogen and oxygen atoms in total. The first kappa shape index (κ1) is 38.0. The maximum absolute atomic E-state index is 6.47. The van der Waals surface area contributed by atoms with Gasteiger partial charge >= 0.3 is 0 Å². The Kier molecular flexibility index (Phi) is 9.13. The molecule has 0 aliphatic rings. The lowest BCUT2D eigenvalue weighted by Gasteiger charge is -2.31. The first-order valence-electron chi connectivity index (χ1n) is 22.1. The average Bonchev–Trinajstić information content (AvgIpc) is 3.90. The topological polar surface area (TPSA) is 21.3 Å². The molecule has 0 bridgehead atoms. The monoisotopic (exact) mass is 830 g/mol. The lowest BCUT2D eigenvalue weighted by Crippen LogP contribution is -2.19. The van der Waals surface area contributed by atoms with Crippen LogP contribution in [0.3, 0.4) is 0 Å². The molecule has 2 heterocycles. The lowest BCUT2D eigenvalue weighted by atomic mass is 9.95. The van der Waals surface area contributed by atoms with Crippen molar-refractivity contribution in [1.29, 1.82) is 0 Å². The summed E-state index contributed by atoms with van der Waals surface area (Å²) in [4.78, 5) is 2.34. The number of rotatable bonds is 9. The van der Waals surface area contributed by atoms with E-state index < -0.39 is 0 Å². The third-order valence-corrected chi connectivity index (χ3v) is 12.9. The Morgan fingerprint density at radius 2 is 0.969 bits per heavy atom. The summed E-state index contributed by atoms with van der Waals surface area (Å²) in [6.45, 7) is 8.99. The summed E-state index contributed by atoms with van der Waals surface area (Å²) in [6, 6.07) is 78.2. The minimum atomic E-state index is 0.862. The third-order valence-electron chi connectivity index (χ3n) is 12.9. The molecule has 0 saturated carbocycles. The highest BCUT2D eigenvalue weighted by Crippen LogP contribution is 2.44. The Balaban J connectivity index is 1.05. The third kappa shape index (κ3) is 6.36. The Morgan fingerprint density at radius 3 is 1.72 bits per heavy atom. The maximum atomic E-state index is 6.47. The number of anilines is 2. The van der Waals surface area contributed by atoms with E-state index in [-0.39, 0.29) is 0 Å². The number of nitrogens with zero attached hydrogens (tertiary/aromatic N) is 2. The Hall–Kier alpha value is -8.66. The zero-order chi connectivity index (χ0) is 43.4. The van der Waals surface area contributed by atoms with Crippen molar-refractivity contribution in [1.82, 2.24) is 4.57 Å². The number of hydrogen-bond donors (Lipinski definition) is 0. The summed E-state index contributed by atoms with van der Waals surface area (Å²) >= 11 is 0. The predicted molar refractivity (Wildman–Crippen MR) is 277 cm³/mol. The van der Waals surface area contributed by atoms with E-state index in [2.05, 4.69) is 241 Å². The van der Waals surface area contributed by atoms with Crippen LogP contribution in [0.2, 0.25) is 0 Å². The van der Waals surface area contributed by atoms with E-state index in [9.17, 15) is 0 Å². The molecule has 0 radical (unpaired) electrons. The van der Waals surface area contributed by atoms with Crippen molar-refractivity contribution < 1.29 is 4.42 Å². The van der Waals surface area contributed by atoms with Crippen LogP contribution in [0.25, 0.3) is 104 Å². The molecule has 0 fully saturated rings. The molecule has 0 spiro atoms. The fraction of sp³-hybridized carbons (Fsp3) is 0. The van der Waals surface area contributed by atoms with Gasteiger partial charge < -0.3 is 13.9 Å². The summed E-state index contributed by atoms with van der Waals surface area (Å²) < 4.78 is 8.79. The second-order valence-electron chi connectivity index (χ2n) is 16.6. The lowest BCUT2D eigenvalue weighted by molar-refractivity contribution is 0.669. The molecule has 0 amide bonds. The van der Waals surface area contributed by atoms with Crippen LogP contribution in [-0.2, 0) is 0 Å². The molecule has 0 aliphatic heterocycles. The molecule has 0 aliphatic carbocycles. The fourth-order valence-corrected chi connectivity index (χ4v) is 9.90. The minimum Gasteiger partial charge on any atom is -0.456 e. The number of fused-ring (bicyclic) bond motifs is 8. The molecule has 0 unspecified atom stereocenters. The first-order valence-corrected chi connectivity index (χ1v) is 22.1. The van der Waals surface area contributed by atoms with Crippen molar-refractivity contribution in [3.8, 4) is 33.4 Å². The second-order valence-corrected chi connectivity index (χ2v) is 16.6. The molecule has 2 aromatic heterocycles. The zero-order valence-electron chi connectivity index (χ0n) is 35.7. The van der Waals surface area contributed by atoms with Gasteiger partial charge in [0.1, 0.15) is 11.2 Å². The Morgan fingerprint density at radius 1 is 0.400 bits per heavy atom. The maximum Gasteiger partial charge on any atom is 0.136 e. The highest BCUT2D eigenvalue weighted by Gasteiger charge is 2.23. The van der Waals surface area contributed by atoms with Gasteiger partial charge in [0.2, 0.25) is 0 Å². The Bertz CT molecular complexity index is 3820. The van der Waals surface area contributed by atoms with E-state index in [1.807, 2.05) is 12.2 Å². The number of para-hydroxylation sites is 3. The zero-order valence-corrected chi connectivity index (χ0v) is 35.7. The van der Waals surface area contributed by atoms with Crippen LogP contribution in [0.5, 0.6) is 0 Å². The van der Waals surface area contributed by atoms with Crippen molar-refractivity contribution >= 4 is 82.4 Å². The van der Waals surface area contributed by atoms with E-state index >= 15 is 0 Å². The largest absolute Gasteiger partial charge is 0.456 e. The number of aromatic nitrogens is 1. The molecule has 306 valence electrons. The van der Waals surface area contributed by atoms with Crippen LogP contribution in [0, 0.1) is 0 Å². The van der Waals surface area contributed by atoms with Gasteiger partial charge in [0.25, 0.3) is 0 Å². The highest BCUT2D eigenvalue weighted by atomic mass is 16.3. The van der Waals surface area contributed by atoms with Crippen LogP contribution < -0.4 is 4.90 Å². The van der Waals surface area contributed by atoms with Crippen LogP contribution in [0.15, 0.2) is 254 Å². The van der Waals surface area contributed by atoms with Gasteiger partial charge in [-0.15, -0.1) is 0 Å². The Labute approximate surface area is 377 Å². The SMILES string of the molecule is C=CC(=C(C=C)n1c2ccccc2c2ccccc21)N(c1ccc(-c2cccc(-c3cccc4ccccc34)c2)cc1)c1ccccc1-c1ccc2oc3cc4ccccc4cc3c2c1. The smallest absolute Gasteiger partial charge is 0.136 e. The van der Waals surface area contributed by atoms with Crippen molar-refractivity contribution in [2.24, 2.45) is 0 Å². The molecule has 12 aromatic rings. The van der Waals surface area contributed by atoms with Crippen molar-refractivity contribution in [3.05, 3.63) is 249 Å². The molecular formula is C62H42N2O. The molecule has 65 heavy (non-hydrogen) atoms. The number of benzene rings is 10. The normalized spacial score (nSPS) is 12.1. The second kappa shape index (κ2) is 15.6. The van der Waals surface area contributed by atoms with Crippen molar-refractivity contribution in [2.75, 3.05) is 4.90 Å². The molecule has 12 rings (SSSR count). The summed E-state index contributed by atoms with van der Waals surface area (Å²) in [5.41, 5.74) is 14.6. The van der Waals surface area contributed by atoms with Gasteiger partial charge in [0, 0.05) is 32.8 Å². The van der Waals surface area contributed by atoms with Gasteiger partial charge in [-0.1, -0.05) is 171 Å². The number of allylic oxidation sites excluding steroid dienone is 3. The molecule has 3 heteroatoms. The standard InChI is InChI=1S/C62H42N2O/c1-3-56(57(4-2)64-59-29-13-10-25-52(59)53-26-11-14-30-60(53)64)63(48-34-31-41(32-35-48)43-21-15-22-46(37-43)50-27-16-20-42-17-7-8-23-49(42)50)58-28-12-9-24-51(58)47-33-36-61-54(39-47)55-38-44-18-5-6-19-45(44)40-62(55)65-61/h3-40H,1-2H2. The van der Waals surface area contributed by atoms with Gasteiger partial charge in [-0.05, 0) is 122 Å². The van der Waals surface area contributed by atoms with Crippen molar-refractivity contribution in [2.45, 2.75) is 0 Å². The van der Waals surface area contributed by atoms with Gasteiger partial charge in [0.05, 0.1) is 28.1 Å². The molecular weight excluding hydrogens is 789 g/mol. The average molecular weight is 831 g/mol. The van der Waals surface area contributed by atoms with E-state index in [1.54, 1.807) is 0 Å². The van der Waals surface area contributed by atoms with E-state index in [0.717, 1.165) is 83.4 Å². The summed E-state index contributed by atoms with van der Waals surface area (Å²) in [5.74, 6) is 0. The molecule has 0 atom stereocenters. The van der Waals surface area contributed by atoms with Gasteiger partial charge in [0.15, 0.2) is 0 Å². The van der Waals surface area contributed by atoms with E-state index in [1.165, 1.54) is 38.1 Å². The molecule has 0 N–H and O–H groups in total. The van der Waals surface area contributed by atoms with Gasteiger partial charge in [-0.3, -0.25) is 0 Å². The fourth-order valence-electron chi connectivity index (χ4n) is 9.90. The van der Waals surface area contributed by atoms with E-state index in [0.29, 0.717) is 0 Å². The van der Waals surface area contributed by atoms with Crippen LogP contribution >= 0.6 is 0 Å². The summed E-state index contributed by atoms with van der Waals surface area (Å²) in [5, 5.41) is 9.37. The van der Waals surface area contributed by atoms with E-state index in [4.69, 9.17) is 4.42 Å². The minimum absolute atomic E-state index is 0.862. The number of hydrogen-bond acceptors (Lipinski definition) is 2. The first-order chi connectivity index (χ1) is 32.1. The van der Waals surface area contributed by atoms with Crippen LogP contribution in [0.4, 0.5) is 11.4 Å². The molecule has 0 saturated heterocycles. The van der Waals surface area contributed by atoms with Gasteiger partial charge in [-0.2, -0.15) is 0 Å². The van der Waals surface area contributed by atoms with Crippen LogP contribution in [0.1, 0.15) is 0 Å². The number of furan rings is 1.